The van der Waals surface area contributed by atoms with E-state index >= 15 is 0 Å². The molecule has 1 atom stereocenters. The number of benzene rings is 3. The molecule has 10 heteroatoms. The van der Waals surface area contributed by atoms with Gasteiger partial charge in [-0.1, -0.05) is 72.0 Å². The molecule has 0 unspecified atom stereocenters. The van der Waals surface area contributed by atoms with Crippen molar-refractivity contribution in [1.82, 2.24) is 5.32 Å². The van der Waals surface area contributed by atoms with Crippen molar-refractivity contribution in [3.63, 3.8) is 0 Å². The zero-order chi connectivity index (χ0) is 27.1. The van der Waals surface area contributed by atoms with Gasteiger partial charge in [-0.15, -0.1) is 5.11 Å². The molecule has 1 saturated carbocycles. The number of hydrogen-bond acceptors (Lipinski definition) is 7. The van der Waals surface area contributed by atoms with Crippen molar-refractivity contribution in [2.75, 3.05) is 0 Å². The second-order valence-electron chi connectivity index (χ2n) is 9.03. The number of nitrogens with zero attached hydrogens (tertiary/aromatic N) is 4. The van der Waals surface area contributed by atoms with E-state index < -0.39 is 12.2 Å². The highest BCUT2D eigenvalue weighted by atomic mass is 16.6. The summed E-state index contributed by atoms with van der Waals surface area (Å²) in [6, 6.07) is 25.1. The molecule has 0 bridgehead atoms. The predicted octanol–water partition coefficient (Wildman–Crippen LogP) is 5.54. The summed E-state index contributed by atoms with van der Waals surface area (Å²) in [6.45, 7) is 3.44. The van der Waals surface area contributed by atoms with Crippen molar-refractivity contribution >= 4 is 29.2 Å². The number of nitrogens with two attached hydrogens (primary N) is 2. The number of amides is 1. The van der Waals surface area contributed by atoms with E-state index in [9.17, 15) is 4.79 Å². The molecule has 3 aromatic carbocycles. The Balaban J connectivity index is 1.46. The van der Waals surface area contributed by atoms with Crippen LogP contribution in [0, 0.1) is 5.41 Å². The van der Waals surface area contributed by atoms with E-state index in [4.69, 9.17) is 21.8 Å². The van der Waals surface area contributed by atoms with Gasteiger partial charge in [0.05, 0.1) is 16.8 Å². The Morgan fingerprint density at radius 2 is 1.58 bits per heavy atom. The fourth-order valence-electron chi connectivity index (χ4n) is 4.12. The van der Waals surface area contributed by atoms with Crippen molar-refractivity contribution in [2.24, 2.45) is 32.1 Å². The number of carbonyl (C=O) groups is 1. The van der Waals surface area contributed by atoms with Gasteiger partial charge in [0, 0.05) is 0 Å². The van der Waals surface area contributed by atoms with Crippen LogP contribution in [0.4, 0.5) is 10.5 Å². The molecule has 0 saturated heterocycles. The minimum atomic E-state index is -0.658. The van der Waals surface area contributed by atoms with Gasteiger partial charge >= 0.3 is 6.09 Å². The molecule has 38 heavy (non-hydrogen) atoms. The zero-order valence-corrected chi connectivity index (χ0v) is 21.3. The number of nitrogens with one attached hydrogen (secondary N) is 2. The van der Waals surface area contributed by atoms with E-state index in [1.54, 1.807) is 13.8 Å². The van der Waals surface area contributed by atoms with Crippen LogP contribution in [0.5, 0.6) is 0 Å². The summed E-state index contributed by atoms with van der Waals surface area (Å²) in [6.07, 6.45) is 0.618. The molecule has 0 aliphatic heterocycles. The number of amidine groups is 2. The normalized spacial score (nSPS) is 15.6. The minimum absolute atomic E-state index is 0.189. The van der Waals surface area contributed by atoms with Crippen LogP contribution in [0.2, 0.25) is 0 Å². The summed E-state index contributed by atoms with van der Waals surface area (Å²) in [4.78, 5) is 17.0. The number of ether oxygens (including phenoxy) is 1. The van der Waals surface area contributed by atoms with Crippen LogP contribution in [0.3, 0.4) is 0 Å². The summed E-state index contributed by atoms with van der Waals surface area (Å²) < 4.78 is 5.49. The van der Waals surface area contributed by atoms with E-state index in [0.29, 0.717) is 11.4 Å². The lowest BCUT2D eigenvalue weighted by molar-refractivity contribution is 0.112. The summed E-state index contributed by atoms with van der Waals surface area (Å²) in [5.41, 5.74) is 4.49. The van der Waals surface area contributed by atoms with Crippen LogP contribution in [0.1, 0.15) is 43.9 Å². The Hall–Kier alpha value is -4.86. The Labute approximate surface area is 221 Å². The lowest BCUT2D eigenvalue weighted by atomic mass is 9.93. The summed E-state index contributed by atoms with van der Waals surface area (Å²) in [7, 11) is 0. The van der Waals surface area contributed by atoms with Gasteiger partial charge < -0.3 is 16.4 Å². The Bertz CT molecular complexity index is 1380. The van der Waals surface area contributed by atoms with E-state index in [-0.39, 0.29) is 17.1 Å². The first-order valence-corrected chi connectivity index (χ1v) is 12.1. The maximum absolute atomic E-state index is 12.5. The molecule has 10 nitrogen and oxygen atoms in total. The van der Waals surface area contributed by atoms with Crippen LogP contribution < -0.4 is 17.0 Å². The number of rotatable bonds is 7. The van der Waals surface area contributed by atoms with Crippen LogP contribution in [0.15, 0.2) is 99.3 Å². The first-order valence-electron chi connectivity index (χ1n) is 12.1. The third-order valence-electron chi connectivity index (χ3n) is 6.55. The minimum Gasteiger partial charge on any atom is -0.441 e. The lowest BCUT2D eigenvalue weighted by Crippen LogP contribution is -2.36. The first-order chi connectivity index (χ1) is 18.4. The van der Waals surface area contributed by atoms with Gasteiger partial charge in [0.1, 0.15) is 6.10 Å². The molecule has 194 valence electrons. The topological polar surface area (TPSA) is 164 Å². The highest BCUT2D eigenvalue weighted by Gasteiger charge is 2.49. The maximum atomic E-state index is 12.5. The van der Waals surface area contributed by atoms with Crippen LogP contribution >= 0.6 is 0 Å². The summed E-state index contributed by atoms with van der Waals surface area (Å²) in [5.74, 6) is 11.0. The standard InChI is InChI=1S/C28H30N8O2/c1-18(34-30)25(33-27(37)38-19(2)20-6-4-3-5-7-20)32-24-14-10-22(11-15-24)21-8-12-23(13-9-21)28(16-17-28)26(29)35-36-31/h3-15,19H,16-17,30H2,1-2H3,(H3,29,31,35)(H,32,33,37)/b34-18-/t19-/m1/s1. The monoisotopic (exact) mass is 510 g/mol. The zero-order valence-electron chi connectivity index (χ0n) is 21.3. The summed E-state index contributed by atoms with van der Waals surface area (Å²) >= 11 is 0. The summed E-state index contributed by atoms with van der Waals surface area (Å²) in [5, 5.41) is 21.5. The number of aliphatic imine (C=N–C) groups is 1. The van der Waals surface area contributed by atoms with Gasteiger partial charge in [-0.2, -0.15) is 5.10 Å². The number of hydrogen-bond donors (Lipinski definition) is 4. The quantitative estimate of drug-likeness (QED) is 0.108. The first kappa shape index (κ1) is 26.2. The fraction of sp³-hybridized carbons (Fsp3) is 0.214. The Morgan fingerprint density at radius 1 is 0.974 bits per heavy atom. The SMILES string of the molecule is C/C(=N/N)C(=Nc1ccc(-c2ccc(C3(C(=N)N=NN)CC3)cc2)cc1)NC(=O)O[C@H](C)c1ccccc1. The molecule has 0 radical (unpaired) electrons. The van der Waals surface area contributed by atoms with Crippen molar-refractivity contribution in [2.45, 2.75) is 38.2 Å². The molecule has 1 aliphatic carbocycles. The van der Waals surface area contributed by atoms with Crippen LogP contribution in [-0.2, 0) is 10.2 Å². The van der Waals surface area contributed by atoms with Crippen molar-refractivity contribution in [1.29, 1.82) is 5.41 Å². The molecular formula is C28H30N8O2. The molecule has 1 fully saturated rings. The predicted molar refractivity (Wildman–Crippen MR) is 148 cm³/mol. The van der Waals surface area contributed by atoms with Gasteiger partial charge in [0.25, 0.3) is 0 Å². The smallest absolute Gasteiger partial charge is 0.413 e. The van der Waals surface area contributed by atoms with Gasteiger partial charge in [-0.25, -0.2) is 9.79 Å². The van der Waals surface area contributed by atoms with E-state index in [0.717, 1.165) is 35.1 Å². The van der Waals surface area contributed by atoms with Gasteiger partial charge in [0.15, 0.2) is 11.7 Å². The van der Waals surface area contributed by atoms with Crippen molar-refractivity contribution in [3.8, 4) is 11.1 Å². The largest absolute Gasteiger partial charge is 0.441 e. The highest BCUT2D eigenvalue weighted by molar-refractivity contribution is 6.43. The lowest BCUT2D eigenvalue weighted by Gasteiger charge is -2.15. The second-order valence-corrected chi connectivity index (χ2v) is 9.03. The fourth-order valence-corrected chi connectivity index (χ4v) is 4.12. The van der Waals surface area contributed by atoms with Crippen molar-refractivity contribution < 1.29 is 9.53 Å². The number of hydrazone groups is 1. The third-order valence-corrected chi connectivity index (χ3v) is 6.55. The van der Waals surface area contributed by atoms with Crippen molar-refractivity contribution in [3.05, 3.63) is 90.0 Å². The molecular weight excluding hydrogens is 480 g/mol. The molecule has 0 spiro atoms. The maximum Gasteiger partial charge on any atom is 0.413 e. The average Bonchev–Trinajstić information content (AvgIpc) is 3.76. The van der Waals surface area contributed by atoms with Gasteiger partial charge in [-0.05, 0) is 61.1 Å². The highest BCUT2D eigenvalue weighted by Crippen LogP contribution is 2.49. The molecule has 4 rings (SSSR count). The van der Waals surface area contributed by atoms with Crippen LogP contribution in [0.25, 0.3) is 11.1 Å². The average molecular weight is 511 g/mol. The second kappa shape index (κ2) is 11.5. The molecule has 3 aromatic rings. The van der Waals surface area contributed by atoms with E-state index in [2.05, 4.69) is 25.7 Å². The molecule has 0 heterocycles. The third kappa shape index (κ3) is 5.92. The van der Waals surface area contributed by atoms with Gasteiger partial charge in [-0.3, -0.25) is 10.7 Å². The number of alkyl carbamates (subject to hydrolysis) is 1. The van der Waals surface area contributed by atoms with Crippen LogP contribution in [-0.4, -0.2) is 23.5 Å². The van der Waals surface area contributed by atoms with Gasteiger partial charge in [0.2, 0.25) is 0 Å². The Kier molecular flexibility index (Phi) is 7.91. The van der Waals surface area contributed by atoms with E-state index in [1.807, 2.05) is 78.9 Å². The van der Waals surface area contributed by atoms with E-state index in [1.165, 1.54) is 0 Å². The molecule has 1 amide bonds. The molecule has 0 aromatic heterocycles. The Morgan fingerprint density at radius 3 is 2.13 bits per heavy atom. The molecule has 1 aliphatic rings. The number of carbonyl (C=O) groups excluding carboxylic acids is 1. The molecule has 6 N–H and O–H groups in total.